The Morgan fingerprint density at radius 1 is 1.12 bits per heavy atom. The van der Waals surface area contributed by atoms with Gasteiger partial charge in [0.2, 0.25) is 17.2 Å². The van der Waals surface area contributed by atoms with Crippen molar-refractivity contribution in [3.63, 3.8) is 0 Å². The topological polar surface area (TPSA) is 100 Å². The zero-order chi connectivity index (χ0) is 11.9. The van der Waals surface area contributed by atoms with Gasteiger partial charge >= 0.3 is 5.63 Å². The minimum absolute atomic E-state index is 0.0757. The first-order valence-electron chi connectivity index (χ1n) is 4.31. The zero-order valence-electron chi connectivity index (χ0n) is 8.22. The van der Waals surface area contributed by atoms with Crippen LogP contribution in [0.15, 0.2) is 21.3 Å². The summed E-state index contributed by atoms with van der Waals surface area (Å²) >= 11 is 0. The predicted molar refractivity (Wildman–Crippen MR) is 54.0 cm³/mol. The summed E-state index contributed by atoms with van der Waals surface area (Å²) in [4.78, 5) is 10.9. The van der Waals surface area contributed by atoms with Gasteiger partial charge in [-0.1, -0.05) is 0 Å². The van der Waals surface area contributed by atoms with Gasteiger partial charge in [0.05, 0.1) is 12.5 Å². The van der Waals surface area contributed by atoms with E-state index in [1.807, 2.05) is 0 Å². The molecule has 0 saturated carbocycles. The third-order valence-corrected chi connectivity index (χ3v) is 2.16. The second kappa shape index (κ2) is 3.34. The smallest absolute Gasteiger partial charge is 0.336 e. The van der Waals surface area contributed by atoms with E-state index in [1.165, 1.54) is 13.2 Å². The number of fused-ring (bicyclic) bond motifs is 1. The minimum Gasteiger partial charge on any atom is -0.504 e. The van der Waals surface area contributed by atoms with Crippen LogP contribution in [0, 0.1) is 0 Å². The van der Waals surface area contributed by atoms with Crippen LogP contribution in [0.25, 0.3) is 11.0 Å². The van der Waals surface area contributed by atoms with Gasteiger partial charge in [-0.15, -0.1) is 0 Å². The Bertz CT molecular complexity index is 613. The Morgan fingerprint density at radius 3 is 2.44 bits per heavy atom. The Morgan fingerprint density at radius 2 is 1.81 bits per heavy atom. The highest BCUT2D eigenvalue weighted by molar-refractivity contribution is 5.93. The van der Waals surface area contributed by atoms with E-state index >= 15 is 0 Å². The fraction of sp³-hybridized carbons (Fsp3) is 0.100. The van der Waals surface area contributed by atoms with Crippen LogP contribution in [-0.4, -0.2) is 22.4 Å². The van der Waals surface area contributed by atoms with Crippen LogP contribution in [0.4, 0.5) is 0 Å². The molecule has 0 amide bonds. The van der Waals surface area contributed by atoms with E-state index in [4.69, 9.17) is 4.74 Å². The fourth-order valence-electron chi connectivity index (χ4n) is 1.42. The molecule has 0 aliphatic heterocycles. The lowest BCUT2D eigenvalue weighted by molar-refractivity contribution is 0.330. The first kappa shape index (κ1) is 10.2. The molecule has 0 fully saturated rings. The predicted octanol–water partition coefficient (Wildman–Crippen LogP) is 0.918. The number of phenolic OH excluding ortho intramolecular Hbond substituents is 3. The third kappa shape index (κ3) is 1.23. The monoisotopic (exact) mass is 224 g/mol. The van der Waals surface area contributed by atoms with Crippen LogP contribution < -0.4 is 10.4 Å². The summed E-state index contributed by atoms with van der Waals surface area (Å²) in [6.07, 6.45) is 0. The third-order valence-electron chi connectivity index (χ3n) is 2.16. The lowest BCUT2D eigenvalue weighted by Gasteiger charge is -2.09. The van der Waals surface area contributed by atoms with E-state index in [9.17, 15) is 20.1 Å². The molecular formula is C10H8O6. The van der Waals surface area contributed by atoms with E-state index in [-0.39, 0.29) is 16.7 Å². The summed E-state index contributed by atoms with van der Waals surface area (Å²) in [5.41, 5.74) is -0.991. The summed E-state index contributed by atoms with van der Waals surface area (Å²) in [5, 5.41) is 28.8. The molecule has 1 aromatic heterocycles. The van der Waals surface area contributed by atoms with Crippen molar-refractivity contribution in [3.8, 4) is 23.0 Å². The summed E-state index contributed by atoms with van der Waals surface area (Å²) in [6, 6.07) is 2.34. The molecule has 0 atom stereocenters. The zero-order valence-corrected chi connectivity index (χ0v) is 8.22. The van der Waals surface area contributed by atoms with Crippen LogP contribution in [0.2, 0.25) is 0 Å². The second-order valence-corrected chi connectivity index (χ2v) is 3.08. The molecule has 0 radical (unpaired) electrons. The van der Waals surface area contributed by atoms with Crippen LogP contribution in [0.1, 0.15) is 0 Å². The lowest BCUT2D eigenvalue weighted by atomic mass is 10.1. The van der Waals surface area contributed by atoms with Crippen LogP contribution >= 0.6 is 0 Å². The number of benzene rings is 1. The quantitative estimate of drug-likeness (QED) is 0.378. The van der Waals surface area contributed by atoms with Gasteiger partial charge in [-0.05, 0) is 6.07 Å². The van der Waals surface area contributed by atoms with Crippen molar-refractivity contribution < 1.29 is 24.5 Å². The number of hydrogen-bond acceptors (Lipinski definition) is 6. The molecule has 16 heavy (non-hydrogen) atoms. The standard InChI is InChI=1S/C10H8O6/c1-15-10-6(12)4-2-3-5(11)16-9(4)7(13)8(10)14/h2-3,12-14H,1H3. The van der Waals surface area contributed by atoms with E-state index in [1.54, 1.807) is 0 Å². The Kier molecular flexibility index (Phi) is 2.12. The lowest BCUT2D eigenvalue weighted by Crippen LogP contribution is -1.96. The first-order valence-corrected chi connectivity index (χ1v) is 4.31. The molecule has 6 heteroatoms. The van der Waals surface area contributed by atoms with E-state index in [0.29, 0.717) is 0 Å². The molecule has 3 N–H and O–H groups in total. The minimum atomic E-state index is -0.702. The van der Waals surface area contributed by atoms with Gasteiger partial charge in [-0.25, -0.2) is 4.79 Å². The maximum Gasteiger partial charge on any atom is 0.336 e. The highest BCUT2D eigenvalue weighted by Gasteiger charge is 2.20. The highest BCUT2D eigenvalue weighted by atomic mass is 16.5. The fourth-order valence-corrected chi connectivity index (χ4v) is 1.42. The Balaban J connectivity index is 3.01. The maximum atomic E-state index is 10.9. The van der Waals surface area contributed by atoms with Crippen molar-refractivity contribution in [3.05, 3.63) is 22.6 Å². The number of hydrogen-bond donors (Lipinski definition) is 3. The second-order valence-electron chi connectivity index (χ2n) is 3.08. The van der Waals surface area contributed by atoms with Gasteiger partial charge in [0.15, 0.2) is 11.3 Å². The number of rotatable bonds is 1. The molecule has 0 aliphatic rings. The summed E-state index contributed by atoms with van der Waals surface area (Å²) < 4.78 is 9.39. The van der Waals surface area contributed by atoms with Crippen molar-refractivity contribution in [2.75, 3.05) is 7.11 Å². The van der Waals surface area contributed by atoms with E-state index in [2.05, 4.69) is 4.42 Å². The van der Waals surface area contributed by atoms with Crippen molar-refractivity contribution in [1.29, 1.82) is 0 Å². The van der Waals surface area contributed by atoms with Crippen molar-refractivity contribution in [2.24, 2.45) is 0 Å². The van der Waals surface area contributed by atoms with Gasteiger partial charge in [-0.3, -0.25) is 0 Å². The Hall–Kier alpha value is -2.37. The first-order chi connectivity index (χ1) is 7.56. The number of methoxy groups -OCH3 is 1. The largest absolute Gasteiger partial charge is 0.504 e. The molecule has 0 bridgehead atoms. The molecule has 0 spiro atoms. The molecule has 1 heterocycles. The van der Waals surface area contributed by atoms with Gasteiger partial charge in [-0.2, -0.15) is 0 Å². The molecule has 0 saturated heterocycles. The Labute approximate surface area is 88.9 Å². The van der Waals surface area contributed by atoms with E-state index in [0.717, 1.165) is 6.07 Å². The van der Waals surface area contributed by atoms with Crippen molar-refractivity contribution in [2.45, 2.75) is 0 Å². The highest BCUT2D eigenvalue weighted by Crippen LogP contribution is 2.48. The van der Waals surface area contributed by atoms with Gasteiger partial charge < -0.3 is 24.5 Å². The molecule has 2 rings (SSSR count). The maximum absolute atomic E-state index is 10.9. The van der Waals surface area contributed by atoms with Gasteiger partial charge in [0.25, 0.3) is 0 Å². The van der Waals surface area contributed by atoms with Gasteiger partial charge in [0, 0.05) is 6.07 Å². The van der Waals surface area contributed by atoms with Crippen molar-refractivity contribution in [1.82, 2.24) is 0 Å². The van der Waals surface area contributed by atoms with Crippen LogP contribution in [0.3, 0.4) is 0 Å². The molecule has 6 nitrogen and oxygen atoms in total. The number of phenols is 3. The van der Waals surface area contributed by atoms with Crippen LogP contribution in [0.5, 0.6) is 23.0 Å². The number of ether oxygens (including phenoxy) is 1. The number of aromatic hydroxyl groups is 3. The summed E-state index contributed by atoms with van der Waals surface area (Å²) in [6.45, 7) is 0. The van der Waals surface area contributed by atoms with Crippen LogP contribution in [-0.2, 0) is 0 Å². The normalized spacial score (nSPS) is 10.6. The SMILES string of the molecule is COc1c(O)c(O)c2oc(=O)ccc2c1O. The molecule has 0 aliphatic carbocycles. The molecule has 84 valence electrons. The molecule has 0 unspecified atom stereocenters. The molecular weight excluding hydrogens is 216 g/mol. The summed E-state index contributed by atoms with van der Waals surface area (Å²) in [5.74, 6) is -2.01. The van der Waals surface area contributed by atoms with Gasteiger partial charge in [0.1, 0.15) is 0 Å². The molecule has 2 aromatic rings. The summed E-state index contributed by atoms with van der Waals surface area (Å²) in [7, 11) is 1.22. The van der Waals surface area contributed by atoms with Crippen molar-refractivity contribution >= 4 is 11.0 Å². The average molecular weight is 224 g/mol. The molecule has 1 aromatic carbocycles. The average Bonchev–Trinajstić information content (AvgIpc) is 2.27. The van der Waals surface area contributed by atoms with E-state index < -0.39 is 22.9 Å².